The fraction of sp³-hybridized carbons (Fsp3) is 0.929. The van der Waals surface area contributed by atoms with E-state index in [2.05, 4.69) is 10.6 Å². The molecule has 1 amide bonds. The molecule has 0 aromatic carbocycles. The summed E-state index contributed by atoms with van der Waals surface area (Å²) in [6.45, 7) is 1.74. The normalized spacial score (nSPS) is 32.2. The summed E-state index contributed by atoms with van der Waals surface area (Å²) < 4.78 is 22.4. The third-order valence-electron chi connectivity index (χ3n) is 4.41. The SMILES string of the molecule is CC(CS(C)(=O)=O)NC(=O)C1CCC2CCCCC2N1. The van der Waals surface area contributed by atoms with Crippen molar-refractivity contribution < 1.29 is 13.2 Å². The van der Waals surface area contributed by atoms with Gasteiger partial charge >= 0.3 is 0 Å². The molecule has 0 aromatic rings. The van der Waals surface area contributed by atoms with E-state index >= 15 is 0 Å². The van der Waals surface area contributed by atoms with E-state index in [1.165, 1.54) is 25.5 Å². The molecule has 6 heteroatoms. The molecule has 5 nitrogen and oxygen atoms in total. The van der Waals surface area contributed by atoms with Crippen molar-refractivity contribution >= 4 is 15.7 Å². The van der Waals surface area contributed by atoms with Gasteiger partial charge in [0.15, 0.2) is 0 Å². The van der Waals surface area contributed by atoms with Gasteiger partial charge in [-0.2, -0.15) is 0 Å². The molecule has 0 aromatic heterocycles. The molecule has 1 heterocycles. The molecule has 0 radical (unpaired) electrons. The number of fused-ring (bicyclic) bond motifs is 1. The topological polar surface area (TPSA) is 75.3 Å². The molecule has 1 aliphatic heterocycles. The van der Waals surface area contributed by atoms with E-state index in [0.717, 1.165) is 25.2 Å². The van der Waals surface area contributed by atoms with E-state index in [-0.39, 0.29) is 23.7 Å². The van der Waals surface area contributed by atoms with Crippen LogP contribution in [-0.4, -0.2) is 44.5 Å². The average molecular weight is 302 g/mol. The first-order chi connectivity index (χ1) is 9.35. The molecule has 1 saturated heterocycles. The monoisotopic (exact) mass is 302 g/mol. The maximum Gasteiger partial charge on any atom is 0.237 e. The number of piperidine rings is 1. The Labute approximate surface area is 121 Å². The standard InChI is InChI=1S/C14H26N2O3S/c1-10(9-20(2,18)19)15-14(17)13-8-7-11-5-3-4-6-12(11)16-13/h10-13,16H,3-9H2,1-2H3,(H,15,17). The van der Waals surface area contributed by atoms with Gasteiger partial charge in [-0.1, -0.05) is 12.8 Å². The van der Waals surface area contributed by atoms with Crippen LogP contribution in [0.1, 0.15) is 45.4 Å². The van der Waals surface area contributed by atoms with Crippen molar-refractivity contribution in [3.8, 4) is 0 Å². The second-order valence-electron chi connectivity index (χ2n) is 6.45. The average Bonchev–Trinajstić information content (AvgIpc) is 2.35. The largest absolute Gasteiger partial charge is 0.351 e. The summed E-state index contributed by atoms with van der Waals surface area (Å²) in [6, 6.07) is -0.0156. The molecule has 4 atom stereocenters. The summed E-state index contributed by atoms with van der Waals surface area (Å²) in [4.78, 5) is 12.2. The molecule has 1 aliphatic carbocycles. The minimum atomic E-state index is -3.05. The van der Waals surface area contributed by atoms with E-state index in [0.29, 0.717) is 6.04 Å². The zero-order valence-corrected chi connectivity index (χ0v) is 13.2. The third kappa shape index (κ3) is 4.45. The summed E-state index contributed by atoms with van der Waals surface area (Å²) in [7, 11) is -3.05. The molecular weight excluding hydrogens is 276 g/mol. The Kier molecular flexibility index (Phi) is 5.07. The lowest BCUT2D eigenvalue weighted by atomic mass is 9.77. The van der Waals surface area contributed by atoms with Crippen LogP contribution in [0.5, 0.6) is 0 Å². The lowest BCUT2D eigenvalue weighted by molar-refractivity contribution is -0.125. The summed E-state index contributed by atoms with van der Waals surface area (Å²) in [5.74, 6) is 0.670. The Bertz CT molecular complexity index is 449. The number of rotatable bonds is 4. The molecule has 0 spiro atoms. The summed E-state index contributed by atoms with van der Waals surface area (Å²) in [5, 5.41) is 6.28. The number of hydrogen-bond donors (Lipinski definition) is 2. The predicted octanol–water partition coefficient (Wildman–Crippen LogP) is 0.846. The Morgan fingerprint density at radius 2 is 1.95 bits per heavy atom. The van der Waals surface area contributed by atoms with E-state index in [9.17, 15) is 13.2 Å². The first-order valence-electron chi connectivity index (χ1n) is 7.59. The minimum absolute atomic E-state index is 0.00247. The highest BCUT2D eigenvalue weighted by molar-refractivity contribution is 7.90. The van der Waals surface area contributed by atoms with Gasteiger partial charge in [0, 0.05) is 18.3 Å². The lowest BCUT2D eigenvalue weighted by Crippen LogP contribution is -2.56. The molecule has 2 rings (SSSR count). The number of carbonyl (C=O) groups is 1. The van der Waals surface area contributed by atoms with Gasteiger partial charge in [-0.05, 0) is 38.5 Å². The van der Waals surface area contributed by atoms with Crippen molar-refractivity contribution in [3.05, 3.63) is 0 Å². The van der Waals surface area contributed by atoms with Gasteiger partial charge in [0.25, 0.3) is 0 Å². The van der Waals surface area contributed by atoms with Gasteiger partial charge in [0.1, 0.15) is 9.84 Å². The van der Waals surface area contributed by atoms with E-state index < -0.39 is 9.84 Å². The molecule has 2 aliphatic rings. The molecule has 20 heavy (non-hydrogen) atoms. The number of hydrogen-bond acceptors (Lipinski definition) is 4. The molecule has 116 valence electrons. The molecule has 4 unspecified atom stereocenters. The van der Waals surface area contributed by atoms with Crippen LogP contribution in [0.4, 0.5) is 0 Å². The Morgan fingerprint density at radius 1 is 1.25 bits per heavy atom. The molecule has 2 N–H and O–H groups in total. The number of sulfone groups is 1. The van der Waals surface area contributed by atoms with Crippen LogP contribution in [0.2, 0.25) is 0 Å². The Balaban J connectivity index is 1.84. The van der Waals surface area contributed by atoms with Crippen molar-refractivity contribution in [1.82, 2.24) is 10.6 Å². The van der Waals surface area contributed by atoms with Gasteiger partial charge in [-0.25, -0.2) is 8.42 Å². The number of amides is 1. The Morgan fingerprint density at radius 3 is 2.65 bits per heavy atom. The minimum Gasteiger partial charge on any atom is -0.351 e. The fourth-order valence-electron chi connectivity index (χ4n) is 3.54. The summed E-state index contributed by atoms with van der Waals surface area (Å²) in [5.41, 5.74) is 0. The fourth-order valence-corrected chi connectivity index (χ4v) is 4.53. The van der Waals surface area contributed by atoms with Crippen molar-refractivity contribution in [3.63, 3.8) is 0 Å². The maximum atomic E-state index is 12.2. The van der Waals surface area contributed by atoms with Crippen molar-refractivity contribution in [2.45, 2.75) is 63.6 Å². The highest BCUT2D eigenvalue weighted by atomic mass is 32.2. The maximum absolute atomic E-state index is 12.2. The molecule has 0 bridgehead atoms. The van der Waals surface area contributed by atoms with E-state index in [4.69, 9.17) is 0 Å². The van der Waals surface area contributed by atoms with Crippen LogP contribution < -0.4 is 10.6 Å². The van der Waals surface area contributed by atoms with Gasteiger partial charge < -0.3 is 10.6 Å². The van der Waals surface area contributed by atoms with Crippen LogP contribution in [0.15, 0.2) is 0 Å². The van der Waals surface area contributed by atoms with Crippen LogP contribution in [0.3, 0.4) is 0 Å². The van der Waals surface area contributed by atoms with Crippen LogP contribution in [0.25, 0.3) is 0 Å². The van der Waals surface area contributed by atoms with Gasteiger partial charge in [0.2, 0.25) is 5.91 Å². The van der Waals surface area contributed by atoms with E-state index in [1.807, 2.05) is 0 Å². The van der Waals surface area contributed by atoms with Gasteiger partial charge in [0.05, 0.1) is 11.8 Å². The van der Waals surface area contributed by atoms with Crippen LogP contribution >= 0.6 is 0 Å². The summed E-state index contributed by atoms with van der Waals surface area (Å²) >= 11 is 0. The van der Waals surface area contributed by atoms with Crippen molar-refractivity contribution in [2.24, 2.45) is 5.92 Å². The van der Waals surface area contributed by atoms with Crippen molar-refractivity contribution in [1.29, 1.82) is 0 Å². The second-order valence-corrected chi connectivity index (χ2v) is 8.63. The number of nitrogens with one attached hydrogen (secondary N) is 2. The lowest BCUT2D eigenvalue weighted by Gasteiger charge is -2.40. The third-order valence-corrected chi connectivity index (χ3v) is 5.51. The Hall–Kier alpha value is -0.620. The molecular formula is C14H26N2O3S. The zero-order chi connectivity index (χ0) is 14.8. The molecule has 2 fully saturated rings. The van der Waals surface area contributed by atoms with E-state index in [1.54, 1.807) is 6.92 Å². The summed E-state index contributed by atoms with van der Waals surface area (Å²) in [6.07, 6.45) is 8.15. The predicted molar refractivity (Wildman–Crippen MR) is 79.2 cm³/mol. The van der Waals surface area contributed by atoms with Crippen molar-refractivity contribution in [2.75, 3.05) is 12.0 Å². The first kappa shape index (κ1) is 15.8. The smallest absolute Gasteiger partial charge is 0.237 e. The number of carbonyl (C=O) groups excluding carboxylic acids is 1. The first-order valence-corrected chi connectivity index (χ1v) is 9.65. The van der Waals surface area contributed by atoms with Gasteiger partial charge in [-0.15, -0.1) is 0 Å². The van der Waals surface area contributed by atoms with Crippen LogP contribution in [0, 0.1) is 5.92 Å². The zero-order valence-electron chi connectivity index (χ0n) is 12.4. The second kappa shape index (κ2) is 6.43. The highest BCUT2D eigenvalue weighted by Gasteiger charge is 2.34. The van der Waals surface area contributed by atoms with Crippen LogP contribution in [-0.2, 0) is 14.6 Å². The quantitative estimate of drug-likeness (QED) is 0.807. The van der Waals surface area contributed by atoms with Gasteiger partial charge in [-0.3, -0.25) is 4.79 Å². The molecule has 1 saturated carbocycles. The highest BCUT2D eigenvalue weighted by Crippen LogP contribution is 2.32.